The van der Waals surface area contributed by atoms with Crippen molar-refractivity contribution in [2.45, 2.75) is 32.1 Å². The average molecular weight is 357 g/mol. The van der Waals surface area contributed by atoms with Crippen molar-refractivity contribution in [3.05, 3.63) is 28.0 Å². The Kier molecular flexibility index (Phi) is 3.41. The number of fused-ring (bicyclic) bond motifs is 1. The van der Waals surface area contributed by atoms with Gasteiger partial charge in [0.1, 0.15) is 5.82 Å². The van der Waals surface area contributed by atoms with E-state index in [1.807, 2.05) is 19.1 Å². The zero-order chi connectivity index (χ0) is 14.5. The lowest BCUT2D eigenvalue weighted by Crippen LogP contribution is -2.03. The van der Waals surface area contributed by atoms with Crippen molar-refractivity contribution in [2.75, 3.05) is 6.26 Å². The van der Waals surface area contributed by atoms with Crippen molar-refractivity contribution < 1.29 is 8.42 Å². The summed E-state index contributed by atoms with van der Waals surface area (Å²) in [6.07, 6.45) is 3.82. The second-order valence-corrected chi connectivity index (χ2v) is 8.77. The Morgan fingerprint density at radius 3 is 2.70 bits per heavy atom. The Bertz CT molecular complexity index is 776. The number of halogens is 1. The van der Waals surface area contributed by atoms with Crippen molar-refractivity contribution in [1.29, 1.82) is 0 Å². The number of aromatic nitrogens is 2. The molecule has 0 spiro atoms. The molecular weight excluding hydrogens is 340 g/mol. The summed E-state index contributed by atoms with van der Waals surface area (Å²) < 4.78 is 26.3. The highest BCUT2D eigenvalue weighted by atomic mass is 79.9. The molecule has 0 N–H and O–H groups in total. The minimum atomic E-state index is -3.07. The first kappa shape index (κ1) is 14.1. The zero-order valence-corrected chi connectivity index (χ0v) is 14.0. The van der Waals surface area contributed by atoms with E-state index in [2.05, 4.69) is 25.5 Å². The lowest BCUT2D eigenvalue weighted by Gasteiger charge is -2.07. The fourth-order valence-electron chi connectivity index (χ4n) is 2.55. The van der Waals surface area contributed by atoms with E-state index in [1.165, 1.54) is 19.1 Å². The number of rotatable bonds is 4. The molecule has 0 bridgehead atoms. The molecule has 2 aromatic rings. The lowest BCUT2D eigenvalue weighted by molar-refractivity contribution is 0.601. The summed E-state index contributed by atoms with van der Waals surface area (Å²) >= 11 is 3.48. The summed E-state index contributed by atoms with van der Waals surface area (Å²) in [4.78, 5) is 4.60. The van der Waals surface area contributed by atoms with Crippen molar-refractivity contribution in [1.82, 2.24) is 9.55 Å². The quantitative estimate of drug-likeness (QED) is 0.845. The van der Waals surface area contributed by atoms with Gasteiger partial charge in [-0.2, -0.15) is 0 Å². The maximum Gasteiger partial charge on any atom is 0.151 e. The monoisotopic (exact) mass is 356 g/mol. The van der Waals surface area contributed by atoms with Crippen LogP contribution >= 0.6 is 15.9 Å². The Labute approximate surface area is 127 Å². The van der Waals surface area contributed by atoms with Gasteiger partial charge >= 0.3 is 0 Å². The molecule has 1 aromatic carbocycles. The highest BCUT2D eigenvalue weighted by Crippen LogP contribution is 2.34. The summed E-state index contributed by atoms with van der Waals surface area (Å²) in [5.74, 6) is 1.74. The molecule has 1 aliphatic carbocycles. The van der Waals surface area contributed by atoms with E-state index in [0.29, 0.717) is 0 Å². The smallest absolute Gasteiger partial charge is 0.151 e. The lowest BCUT2D eigenvalue weighted by atomic mass is 10.2. The Hall–Kier alpha value is -0.880. The van der Waals surface area contributed by atoms with Gasteiger partial charge < -0.3 is 4.57 Å². The van der Waals surface area contributed by atoms with Crippen LogP contribution in [0.5, 0.6) is 0 Å². The maximum absolute atomic E-state index is 11.6. The van der Waals surface area contributed by atoms with E-state index in [0.717, 1.165) is 39.4 Å². The van der Waals surface area contributed by atoms with Crippen LogP contribution < -0.4 is 0 Å². The highest BCUT2D eigenvalue weighted by Gasteiger charge is 2.24. The highest BCUT2D eigenvalue weighted by molar-refractivity contribution is 9.10. The van der Waals surface area contributed by atoms with Crippen molar-refractivity contribution in [3.63, 3.8) is 0 Å². The summed E-state index contributed by atoms with van der Waals surface area (Å²) in [7, 11) is -3.07. The molecule has 0 amide bonds. The second kappa shape index (κ2) is 4.84. The molecule has 1 fully saturated rings. The average Bonchev–Trinajstić information content (AvgIpc) is 3.05. The molecule has 4 nitrogen and oxygen atoms in total. The van der Waals surface area contributed by atoms with Gasteiger partial charge in [0.15, 0.2) is 9.84 Å². The van der Waals surface area contributed by atoms with Crippen molar-refractivity contribution in [3.8, 4) is 0 Å². The van der Waals surface area contributed by atoms with Crippen LogP contribution in [-0.2, 0) is 22.1 Å². The SMILES string of the molecule is Cc1nc2c(CS(C)(=O)=O)cc(Br)cc2n1CC1CC1. The molecule has 1 saturated carbocycles. The molecule has 0 radical (unpaired) electrons. The third kappa shape index (κ3) is 2.91. The van der Waals surface area contributed by atoms with E-state index in [9.17, 15) is 8.42 Å². The first-order chi connectivity index (χ1) is 9.33. The molecular formula is C14H17BrN2O2S. The molecule has 1 aromatic heterocycles. The van der Waals surface area contributed by atoms with Crippen LogP contribution in [0, 0.1) is 12.8 Å². The van der Waals surface area contributed by atoms with Crippen LogP contribution in [-0.4, -0.2) is 24.2 Å². The molecule has 6 heteroatoms. The summed E-state index contributed by atoms with van der Waals surface area (Å²) in [6.45, 7) is 2.97. The fourth-order valence-corrected chi connectivity index (χ4v) is 3.83. The number of imidazole rings is 1. The fraction of sp³-hybridized carbons (Fsp3) is 0.500. The van der Waals surface area contributed by atoms with Crippen LogP contribution in [0.1, 0.15) is 24.2 Å². The number of sulfone groups is 1. The van der Waals surface area contributed by atoms with Gasteiger partial charge in [-0.15, -0.1) is 0 Å². The van der Waals surface area contributed by atoms with Crippen molar-refractivity contribution in [2.24, 2.45) is 5.92 Å². The summed E-state index contributed by atoms with van der Waals surface area (Å²) in [5, 5.41) is 0. The van der Waals surface area contributed by atoms with E-state index < -0.39 is 9.84 Å². The molecule has 0 unspecified atom stereocenters. The van der Waals surface area contributed by atoms with Gasteiger partial charge in [-0.3, -0.25) is 0 Å². The van der Waals surface area contributed by atoms with E-state index in [1.54, 1.807) is 0 Å². The third-order valence-corrected chi connectivity index (χ3v) is 4.94. The van der Waals surface area contributed by atoms with Crippen LogP contribution in [0.3, 0.4) is 0 Å². The first-order valence-corrected chi connectivity index (χ1v) is 9.52. The number of benzene rings is 1. The topological polar surface area (TPSA) is 52.0 Å². The van der Waals surface area contributed by atoms with E-state index in [-0.39, 0.29) is 5.75 Å². The van der Waals surface area contributed by atoms with Gasteiger partial charge in [0.2, 0.25) is 0 Å². The summed E-state index contributed by atoms with van der Waals surface area (Å²) in [6, 6.07) is 3.89. The minimum Gasteiger partial charge on any atom is -0.328 e. The number of nitrogens with zero attached hydrogens (tertiary/aromatic N) is 2. The Morgan fingerprint density at radius 2 is 2.10 bits per heavy atom. The zero-order valence-electron chi connectivity index (χ0n) is 11.6. The standard InChI is InChI=1S/C14H17BrN2O2S/c1-9-16-14-11(8-20(2,18)19)5-12(15)6-13(14)17(9)7-10-3-4-10/h5-6,10H,3-4,7-8H2,1-2H3. The predicted molar refractivity (Wildman–Crippen MR) is 83.4 cm³/mol. The first-order valence-electron chi connectivity index (χ1n) is 6.66. The second-order valence-electron chi connectivity index (χ2n) is 5.72. The number of hydrogen-bond donors (Lipinski definition) is 0. The third-order valence-electron chi connectivity index (χ3n) is 3.64. The molecule has 0 aliphatic heterocycles. The summed E-state index contributed by atoms with van der Waals surface area (Å²) in [5.41, 5.74) is 2.62. The maximum atomic E-state index is 11.6. The van der Waals surface area contributed by atoms with Crippen LogP contribution in [0.15, 0.2) is 16.6 Å². The van der Waals surface area contributed by atoms with Gasteiger partial charge in [-0.05, 0) is 43.4 Å². The molecule has 108 valence electrons. The van der Waals surface area contributed by atoms with Crippen LogP contribution in [0.2, 0.25) is 0 Å². The normalized spacial score (nSPS) is 15.9. The predicted octanol–water partition coefficient (Wildman–Crippen LogP) is 3.06. The minimum absolute atomic E-state index is 0.0306. The molecule has 0 saturated heterocycles. The Balaban J connectivity index is 2.16. The number of hydrogen-bond acceptors (Lipinski definition) is 3. The van der Waals surface area contributed by atoms with Crippen LogP contribution in [0.4, 0.5) is 0 Å². The van der Waals surface area contributed by atoms with Gasteiger partial charge in [0.05, 0.1) is 16.8 Å². The van der Waals surface area contributed by atoms with Gasteiger partial charge in [-0.1, -0.05) is 15.9 Å². The molecule has 1 aliphatic rings. The van der Waals surface area contributed by atoms with E-state index in [4.69, 9.17) is 0 Å². The molecule has 1 heterocycles. The molecule has 3 rings (SSSR count). The van der Waals surface area contributed by atoms with Gasteiger partial charge in [0, 0.05) is 17.3 Å². The van der Waals surface area contributed by atoms with Gasteiger partial charge in [0.25, 0.3) is 0 Å². The Morgan fingerprint density at radius 1 is 1.40 bits per heavy atom. The molecule has 0 atom stereocenters. The number of aryl methyl sites for hydroxylation is 1. The van der Waals surface area contributed by atoms with E-state index >= 15 is 0 Å². The largest absolute Gasteiger partial charge is 0.328 e. The molecule has 20 heavy (non-hydrogen) atoms. The van der Waals surface area contributed by atoms with Crippen molar-refractivity contribution >= 4 is 36.8 Å². The van der Waals surface area contributed by atoms with Gasteiger partial charge in [-0.25, -0.2) is 13.4 Å². The van der Waals surface area contributed by atoms with Crippen LogP contribution in [0.25, 0.3) is 11.0 Å².